The normalized spacial score (nSPS) is 12.6. The lowest BCUT2D eigenvalue weighted by molar-refractivity contribution is -0.275. The fourth-order valence-electron chi connectivity index (χ4n) is 3.09. The Labute approximate surface area is 172 Å². The maximum Gasteiger partial charge on any atom is 0.573 e. The summed E-state index contributed by atoms with van der Waals surface area (Å²) in [5.41, 5.74) is 5.81. The molecule has 11 heteroatoms. The highest BCUT2D eigenvalue weighted by Crippen LogP contribution is 2.36. The van der Waals surface area contributed by atoms with Crippen LogP contribution in [-0.2, 0) is 12.0 Å². The Morgan fingerprint density at radius 3 is 1.71 bits per heavy atom. The van der Waals surface area contributed by atoms with Gasteiger partial charge in [0, 0.05) is 12.5 Å². The van der Waals surface area contributed by atoms with E-state index in [4.69, 9.17) is 10.3 Å². The molecule has 0 radical (unpaired) electrons. The molecular formula is C20H16F6N2O3. The molecule has 5 nitrogen and oxygen atoms in total. The molecule has 1 heterocycles. The highest BCUT2D eigenvalue weighted by molar-refractivity contribution is 5.45. The van der Waals surface area contributed by atoms with Crippen LogP contribution in [0.15, 0.2) is 59.1 Å². The molecule has 0 aliphatic heterocycles. The average molecular weight is 446 g/mol. The molecule has 1 aromatic heterocycles. The summed E-state index contributed by atoms with van der Waals surface area (Å²) in [7, 11) is 0. The number of hydrogen-bond acceptors (Lipinski definition) is 5. The zero-order chi connectivity index (χ0) is 22.9. The van der Waals surface area contributed by atoms with Crippen molar-refractivity contribution < 1.29 is 40.3 Å². The van der Waals surface area contributed by atoms with Crippen LogP contribution in [0.1, 0.15) is 22.6 Å². The summed E-state index contributed by atoms with van der Waals surface area (Å²) in [5.74, 6) is -0.781. The molecule has 0 fully saturated rings. The smallest absolute Gasteiger partial charge is 0.406 e. The molecule has 0 saturated heterocycles. The number of alkyl halides is 6. The molecular weight excluding hydrogens is 430 g/mol. The zero-order valence-electron chi connectivity index (χ0n) is 15.9. The van der Waals surface area contributed by atoms with Crippen LogP contribution < -0.4 is 15.2 Å². The van der Waals surface area contributed by atoms with Gasteiger partial charge in [0.15, 0.2) is 0 Å². The van der Waals surface area contributed by atoms with E-state index in [1.54, 1.807) is 13.0 Å². The van der Waals surface area contributed by atoms with Crippen LogP contribution >= 0.6 is 0 Å². The van der Waals surface area contributed by atoms with Crippen molar-refractivity contribution in [2.75, 3.05) is 0 Å². The number of ether oxygens (including phenoxy) is 2. The van der Waals surface area contributed by atoms with Crippen LogP contribution in [0, 0.1) is 6.92 Å². The third-order valence-corrected chi connectivity index (χ3v) is 4.30. The first-order valence-corrected chi connectivity index (χ1v) is 8.78. The summed E-state index contributed by atoms with van der Waals surface area (Å²) in [6.07, 6.45) is -9.98. The van der Waals surface area contributed by atoms with Gasteiger partial charge >= 0.3 is 12.7 Å². The Balaban J connectivity index is 2.08. The largest absolute Gasteiger partial charge is 0.573 e. The van der Waals surface area contributed by atoms with E-state index in [0.29, 0.717) is 5.69 Å². The molecule has 2 aromatic carbocycles. The van der Waals surface area contributed by atoms with Crippen LogP contribution in [0.4, 0.5) is 26.3 Å². The molecule has 3 rings (SSSR count). The van der Waals surface area contributed by atoms with Crippen molar-refractivity contribution in [3.63, 3.8) is 0 Å². The molecule has 166 valence electrons. The number of nitrogens with two attached hydrogens (primary N) is 1. The van der Waals surface area contributed by atoms with Gasteiger partial charge in [-0.15, -0.1) is 26.3 Å². The Morgan fingerprint density at radius 1 is 0.839 bits per heavy atom. The van der Waals surface area contributed by atoms with Crippen molar-refractivity contribution in [2.24, 2.45) is 5.73 Å². The monoisotopic (exact) mass is 446 g/mol. The van der Waals surface area contributed by atoms with Crippen LogP contribution in [-0.4, -0.2) is 17.9 Å². The standard InChI is InChI=1S/C20H16F6N2O3/c1-12-8-17(31-28-12)11-18(27,13-4-2-6-15(9-13)29-19(21,22)23)14-5-3-7-16(10-14)30-20(24,25)26/h2-10H,11,27H2,1H3. The zero-order valence-corrected chi connectivity index (χ0v) is 15.9. The number of nitrogens with zero attached hydrogens (tertiary/aromatic N) is 1. The maximum atomic E-state index is 12.7. The summed E-state index contributed by atoms with van der Waals surface area (Å²) in [6.45, 7) is 1.65. The summed E-state index contributed by atoms with van der Waals surface area (Å²) in [5, 5.41) is 3.74. The van der Waals surface area contributed by atoms with Gasteiger partial charge in [0.1, 0.15) is 17.3 Å². The lowest BCUT2D eigenvalue weighted by atomic mass is 9.80. The minimum absolute atomic E-state index is 0.112. The lowest BCUT2D eigenvalue weighted by Crippen LogP contribution is -2.40. The van der Waals surface area contributed by atoms with Gasteiger partial charge in [0.05, 0.1) is 11.2 Å². The van der Waals surface area contributed by atoms with Gasteiger partial charge < -0.3 is 19.7 Å². The molecule has 0 bridgehead atoms. The highest BCUT2D eigenvalue weighted by Gasteiger charge is 2.36. The van der Waals surface area contributed by atoms with Crippen molar-refractivity contribution in [2.45, 2.75) is 31.6 Å². The third kappa shape index (κ3) is 5.91. The van der Waals surface area contributed by atoms with Crippen LogP contribution in [0.3, 0.4) is 0 Å². The number of halogens is 6. The van der Waals surface area contributed by atoms with Gasteiger partial charge in [-0.1, -0.05) is 29.4 Å². The maximum absolute atomic E-state index is 12.7. The quantitative estimate of drug-likeness (QED) is 0.526. The van der Waals surface area contributed by atoms with E-state index in [-0.39, 0.29) is 23.3 Å². The molecule has 0 aliphatic rings. The molecule has 0 saturated carbocycles. The second-order valence-electron chi connectivity index (χ2n) is 6.73. The summed E-state index contributed by atoms with van der Waals surface area (Å²) in [4.78, 5) is 0. The van der Waals surface area contributed by atoms with E-state index >= 15 is 0 Å². The Hall–Kier alpha value is -3.21. The fourth-order valence-corrected chi connectivity index (χ4v) is 3.09. The summed E-state index contributed by atoms with van der Waals surface area (Å²) < 4.78 is 89.0. The Bertz CT molecular complexity index is 986. The average Bonchev–Trinajstić information content (AvgIpc) is 3.04. The SMILES string of the molecule is Cc1cc(CC(N)(c2cccc(OC(F)(F)F)c2)c2cccc(OC(F)(F)F)c2)on1. The molecule has 0 unspecified atom stereocenters. The van der Waals surface area contributed by atoms with Crippen molar-refractivity contribution in [3.05, 3.63) is 77.2 Å². The predicted octanol–water partition coefficient (Wildman–Crippen LogP) is 5.23. The van der Waals surface area contributed by atoms with Crippen molar-refractivity contribution in [1.82, 2.24) is 5.16 Å². The first kappa shape index (κ1) is 22.5. The fraction of sp³-hybridized carbons (Fsp3) is 0.250. The summed E-state index contributed by atoms with van der Waals surface area (Å²) >= 11 is 0. The van der Waals surface area contributed by atoms with Gasteiger partial charge in [-0.3, -0.25) is 0 Å². The molecule has 3 aromatic rings. The van der Waals surface area contributed by atoms with Crippen molar-refractivity contribution in [3.8, 4) is 11.5 Å². The number of aryl methyl sites for hydroxylation is 1. The van der Waals surface area contributed by atoms with Crippen molar-refractivity contribution in [1.29, 1.82) is 0 Å². The van der Waals surface area contributed by atoms with Crippen LogP contribution in [0.2, 0.25) is 0 Å². The first-order valence-electron chi connectivity index (χ1n) is 8.78. The van der Waals surface area contributed by atoms with Crippen LogP contribution in [0.25, 0.3) is 0 Å². The summed E-state index contributed by atoms with van der Waals surface area (Å²) in [6, 6.07) is 11.3. The Morgan fingerprint density at radius 2 is 1.32 bits per heavy atom. The predicted molar refractivity (Wildman–Crippen MR) is 96.2 cm³/mol. The van der Waals surface area contributed by atoms with E-state index in [9.17, 15) is 26.3 Å². The minimum Gasteiger partial charge on any atom is -0.406 e. The lowest BCUT2D eigenvalue weighted by Gasteiger charge is -2.30. The first-order chi connectivity index (χ1) is 14.3. The highest BCUT2D eigenvalue weighted by atomic mass is 19.4. The number of benzene rings is 2. The van der Waals surface area contributed by atoms with E-state index < -0.39 is 29.8 Å². The second-order valence-corrected chi connectivity index (χ2v) is 6.73. The molecule has 0 atom stereocenters. The van der Waals surface area contributed by atoms with Gasteiger partial charge in [-0.25, -0.2) is 0 Å². The van der Waals surface area contributed by atoms with E-state index in [0.717, 1.165) is 24.3 Å². The van der Waals surface area contributed by atoms with Gasteiger partial charge in [0.2, 0.25) is 0 Å². The number of rotatable bonds is 6. The Kier molecular flexibility index (Phi) is 5.90. The molecule has 0 spiro atoms. The second kappa shape index (κ2) is 8.14. The third-order valence-electron chi connectivity index (χ3n) is 4.30. The number of hydrogen-bond donors (Lipinski definition) is 1. The van der Waals surface area contributed by atoms with Gasteiger partial charge in [-0.05, 0) is 42.3 Å². The van der Waals surface area contributed by atoms with Gasteiger partial charge in [-0.2, -0.15) is 0 Å². The van der Waals surface area contributed by atoms with Crippen LogP contribution in [0.5, 0.6) is 11.5 Å². The number of aromatic nitrogens is 1. The van der Waals surface area contributed by atoms with E-state index in [1.165, 1.54) is 24.3 Å². The molecule has 31 heavy (non-hydrogen) atoms. The molecule has 0 aliphatic carbocycles. The topological polar surface area (TPSA) is 70.5 Å². The molecule has 0 amide bonds. The van der Waals surface area contributed by atoms with Crippen molar-refractivity contribution >= 4 is 0 Å². The van der Waals surface area contributed by atoms with E-state index in [1.807, 2.05) is 0 Å². The van der Waals surface area contributed by atoms with E-state index in [2.05, 4.69) is 14.6 Å². The molecule has 2 N–H and O–H groups in total. The minimum atomic E-state index is -4.93. The van der Waals surface area contributed by atoms with Gasteiger partial charge in [0.25, 0.3) is 0 Å².